The predicted octanol–water partition coefficient (Wildman–Crippen LogP) is 3.04. The lowest BCUT2D eigenvalue weighted by molar-refractivity contribution is -0.0672. The molecule has 2 aromatic rings. The Bertz CT molecular complexity index is 1020. The van der Waals surface area contributed by atoms with Crippen molar-refractivity contribution in [1.82, 2.24) is 0 Å². The van der Waals surface area contributed by atoms with Crippen molar-refractivity contribution in [2.24, 2.45) is 11.7 Å². The maximum Gasteiger partial charge on any atom is 0.189 e. The molecule has 2 aliphatic heterocycles. The standard InChI is InChI=1S/C19H18ClF2NO4S/c20-11-1-3-12(4-2-11)28(24,25)19-7-8-26-16(9-23)13(19)10-27-18-15(22)6-5-14(21)17(18)19/h1-6,13,16H,7-10,23H2/t13-,16-,19-/m0/s1. The lowest BCUT2D eigenvalue weighted by Crippen LogP contribution is -2.59. The summed E-state index contributed by atoms with van der Waals surface area (Å²) in [6.07, 6.45) is -0.720. The number of benzene rings is 2. The van der Waals surface area contributed by atoms with E-state index in [0.29, 0.717) is 5.02 Å². The fourth-order valence-electron chi connectivity index (χ4n) is 4.28. The van der Waals surface area contributed by atoms with Gasteiger partial charge in [0.05, 0.1) is 23.2 Å². The molecule has 0 aliphatic carbocycles. The Morgan fingerprint density at radius 1 is 1.14 bits per heavy atom. The van der Waals surface area contributed by atoms with Gasteiger partial charge in [0.25, 0.3) is 0 Å². The van der Waals surface area contributed by atoms with Crippen molar-refractivity contribution in [2.75, 3.05) is 19.8 Å². The highest BCUT2D eigenvalue weighted by Gasteiger charge is 2.61. The highest BCUT2D eigenvalue weighted by Crippen LogP contribution is 2.55. The third-order valence-electron chi connectivity index (χ3n) is 5.58. The minimum Gasteiger partial charge on any atom is -0.490 e. The lowest BCUT2D eigenvalue weighted by atomic mass is 9.76. The van der Waals surface area contributed by atoms with Crippen LogP contribution >= 0.6 is 11.6 Å². The topological polar surface area (TPSA) is 78.6 Å². The fourth-order valence-corrected chi connectivity index (χ4v) is 6.75. The molecular formula is C19H18ClF2NO4S. The van der Waals surface area contributed by atoms with Gasteiger partial charge >= 0.3 is 0 Å². The number of rotatable bonds is 3. The molecular weight excluding hydrogens is 412 g/mol. The van der Waals surface area contributed by atoms with Gasteiger partial charge in [0.15, 0.2) is 21.4 Å². The van der Waals surface area contributed by atoms with Crippen LogP contribution < -0.4 is 10.5 Å². The normalized spacial score (nSPS) is 26.9. The van der Waals surface area contributed by atoms with Crippen molar-refractivity contribution >= 4 is 21.4 Å². The van der Waals surface area contributed by atoms with E-state index in [9.17, 15) is 12.8 Å². The van der Waals surface area contributed by atoms with Gasteiger partial charge in [-0.1, -0.05) is 11.6 Å². The molecule has 4 rings (SSSR count). The number of nitrogens with two attached hydrogens (primary N) is 1. The van der Waals surface area contributed by atoms with Gasteiger partial charge < -0.3 is 15.2 Å². The van der Waals surface area contributed by atoms with Crippen LogP contribution in [0.4, 0.5) is 8.78 Å². The van der Waals surface area contributed by atoms with Crippen LogP contribution in [0.2, 0.25) is 5.02 Å². The molecule has 2 aromatic carbocycles. The number of hydrogen-bond acceptors (Lipinski definition) is 5. The summed E-state index contributed by atoms with van der Waals surface area (Å²) in [5, 5.41) is 0.365. The minimum absolute atomic E-state index is 0.0260. The minimum atomic E-state index is -4.18. The first kappa shape index (κ1) is 19.6. The molecule has 1 saturated heterocycles. The van der Waals surface area contributed by atoms with E-state index in [1.165, 1.54) is 24.3 Å². The monoisotopic (exact) mass is 429 g/mol. The number of sulfone groups is 1. The third kappa shape index (κ3) is 2.66. The summed E-state index contributed by atoms with van der Waals surface area (Å²) in [7, 11) is -4.18. The molecule has 28 heavy (non-hydrogen) atoms. The molecule has 150 valence electrons. The molecule has 9 heteroatoms. The van der Waals surface area contributed by atoms with Gasteiger partial charge in [-0.15, -0.1) is 0 Å². The summed E-state index contributed by atoms with van der Waals surface area (Å²) < 4.78 is 66.5. The molecule has 0 amide bonds. The lowest BCUT2D eigenvalue weighted by Gasteiger charge is -2.49. The number of halogens is 3. The number of hydrogen-bond donors (Lipinski definition) is 1. The molecule has 0 bridgehead atoms. The molecule has 2 aliphatic rings. The van der Waals surface area contributed by atoms with E-state index in [4.69, 9.17) is 26.8 Å². The van der Waals surface area contributed by atoms with Crippen LogP contribution in [0.25, 0.3) is 0 Å². The van der Waals surface area contributed by atoms with Gasteiger partial charge in [-0.2, -0.15) is 0 Å². The van der Waals surface area contributed by atoms with E-state index in [1.54, 1.807) is 0 Å². The van der Waals surface area contributed by atoms with Crippen molar-refractivity contribution in [3.05, 3.63) is 58.6 Å². The second-order valence-corrected chi connectivity index (χ2v) is 9.54. The first-order chi connectivity index (χ1) is 13.3. The summed E-state index contributed by atoms with van der Waals surface area (Å²) in [6.45, 7) is -0.0825. The van der Waals surface area contributed by atoms with Gasteiger partial charge in [-0.05, 0) is 42.8 Å². The number of fused-ring (bicyclic) bond motifs is 3. The molecule has 0 spiro atoms. The fraction of sp³-hybridized carbons (Fsp3) is 0.368. The van der Waals surface area contributed by atoms with Crippen LogP contribution in [0, 0.1) is 17.6 Å². The van der Waals surface area contributed by atoms with Crippen LogP contribution in [0.3, 0.4) is 0 Å². The smallest absolute Gasteiger partial charge is 0.189 e. The molecule has 0 radical (unpaired) electrons. The van der Waals surface area contributed by atoms with Gasteiger partial charge in [0, 0.05) is 24.1 Å². The first-order valence-corrected chi connectivity index (χ1v) is 10.6. The molecule has 0 saturated carbocycles. The molecule has 3 atom stereocenters. The van der Waals surface area contributed by atoms with Crippen molar-refractivity contribution in [2.45, 2.75) is 22.2 Å². The van der Waals surface area contributed by atoms with Crippen molar-refractivity contribution in [1.29, 1.82) is 0 Å². The zero-order valence-corrected chi connectivity index (χ0v) is 16.3. The highest BCUT2D eigenvalue weighted by molar-refractivity contribution is 7.92. The average Bonchev–Trinajstić information content (AvgIpc) is 2.69. The van der Waals surface area contributed by atoms with Crippen molar-refractivity contribution in [3.8, 4) is 5.75 Å². The Kier molecular flexibility index (Phi) is 4.86. The van der Waals surface area contributed by atoms with E-state index in [1.807, 2.05) is 0 Å². The highest BCUT2D eigenvalue weighted by atomic mass is 35.5. The Balaban J connectivity index is 2.04. The van der Waals surface area contributed by atoms with Crippen molar-refractivity contribution in [3.63, 3.8) is 0 Å². The largest absolute Gasteiger partial charge is 0.490 e. The molecule has 0 aromatic heterocycles. The summed E-state index contributed by atoms with van der Waals surface area (Å²) >= 11 is 5.89. The van der Waals surface area contributed by atoms with Crippen LogP contribution in [0.1, 0.15) is 12.0 Å². The second-order valence-electron chi connectivity index (χ2n) is 6.89. The van der Waals surface area contributed by atoms with Crippen molar-refractivity contribution < 1.29 is 26.7 Å². The zero-order chi connectivity index (χ0) is 20.1. The second kappa shape index (κ2) is 6.95. The third-order valence-corrected chi connectivity index (χ3v) is 8.39. The SMILES string of the molecule is NC[C@@H]1OCC[C@@]2(S(=O)(=O)c3ccc(Cl)cc3)c3c(F)ccc(F)c3OC[C@@H]12. The Morgan fingerprint density at radius 2 is 1.82 bits per heavy atom. The average molecular weight is 430 g/mol. The summed E-state index contributed by atoms with van der Waals surface area (Å²) in [4.78, 5) is -0.0314. The molecule has 5 nitrogen and oxygen atoms in total. The van der Waals surface area contributed by atoms with E-state index < -0.39 is 38.2 Å². The van der Waals surface area contributed by atoms with E-state index in [-0.39, 0.29) is 42.4 Å². The first-order valence-electron chi connectivity index (χ1n) is 8.76. The van der Waals surface area contributed by atoms with E-state index >= 15 is 4.39 Å². The summed E-state index contributed by atoms with van der Waals surface area (Å²) in [6, 6.07) is 7.47. The van der Waals surface area contributed by atoms with Gasteiger partial charge in [-0.25, -0.2) is 17.2 Å². The maximum absolute atomic E-state index is 15.0. The van der Waals surface area contributed by atoms with E-state index in [2.05, 4.69) is 0 Å². The van der Waals surface area contributed by atoms with Crippen LogP contribution in [0.5, 0.6) is 5.75 Å². The van der Waals surface area contributed by atoms with E-state index in [0.717, 1.165) is 12.1 Å². The maximum atomic E-state index is 15.0. The van der Waals surface area contributed by atoms with Gasteiger partial charge in [0.2, 0.25) is 0 Å². The zero-order valence-electron chi connectivity index (χ0n) is 14.7. The Labute approximate surface area is 166 Å². The predicted molar refractivity (Wildman–Crippen MR) is 99.1 cm³/mol. The van der Waals surface area contributed by atoms with Crippen LogP contribution in [0.15, 0.2) is 41.3 Å². The Morgan fingerprint density at radius 3 is 2.50 bits per heavy atom. The molecule has 0 unspecified atom stereocenters. The summed E-state index contributed by atoms with van der Waals surface area (Å²) in [5.41, 5.74) is 5.51. The van der Waals surface area contributed by atoms with Crippen LogP contribution in [-0.2, 0) is 19.3 Å². The van der Waals surface area contributed by atoms with Gasteiger partial charge in [0.1, 0.15) is 10.6 Å². The summed E-state index contributed by atoms with van der Waals surface area (Å²) in [5.74, 6) is -2.81. The molecule has 2 heterocycles. The van der Waals surface area contributed by atoms with Gasteiger partial charge in [-0.3, -0.25) is 0 Å². The molecule has 1 fully saturated rings. The molecule has 2 N–H and O–H groups in total. The Hall–Kier alpha value is -1.74. The number of ether oxygens (including phenoxy) is 2. The quantitative estimate of drug-likeness (QED) is 0.811. The van der Waals surface area contributed by atoms with Crippen LogP contribution in [-0.4, -0.2) is 34.3 Å².